The summed E-state index contributed by atoms with van der Waals surface area (Å²) in [6.45, 7) is -0.647. The van der Waals surface area contributed by atoms with Crippen LogP contribution in [0.3, 0.4) is 0 Å². The topological polar surface area (TPSA) is 167 Å². The van der Waals surface area contributed by atoms with E-state index in [1.807, 2.05) is 0 Å². The minimum atomic E-state index is -1.70. The molecular formula is C25H28O12. The number of aliphatic hydroxyl groups is 4. The Labute approximate surface area is 211 Å². The van der Waals surface area contributed by atoms with Crippen LogP contribution in [0.15, 0.2) is 39.5 Å². The summed E-state index contributed by atoms with van der Waals surface area (Å²) in [5, 5.41) is 40.0. The lowest BCUT2D eigenvalue weighted by Crippen LogP contribution is -2.60. The fourth-order valence-electron chi connectivity index (χ4n) is 4.12. The van der Waals surface area contributed by atoms with Gasteiger partial charge >= 0.3 is 0 Å². The van der Waals surface area contributed by atoms with Crippen LogP contribution in [0.5, 0.6) is 28.7 Å². The Morgan fingerprint density at radius 3 is 2.19 bits per heavy atom. The minimum absolute atomic E-state index is 0.0335. The molecule has 1 aliphatic rings. The van der Waals surface area contributed by atoms with Crippen LogP contribution in [-0.2, 0) is 4.74 Å². The summed E-state index contributed by atoms with van der Waals surface area (Å²) in [4.78, 5) is 13.4. The molecule has 1 aliphatic heterocycles. The number of benzene rings is 2. The van der Waals surface area contributed by atoms with E-state index in [1.165, 1.54) is 40.6 Å². The molecule has 0 unspecified atom stereocenters. The Balaban J connectivity index is 1.90. The predicted octanol–water partition coefficient (Wildman–Crippen LogP) is 0.673. The zero-order valence-corrected chi connectivity index (χ0v) is 20.5. The molecule has 1 aromatic heterocycles. The van der Waals surface area contributed by atoms with Crippen LogP contribution < -0.4 is 29.1 Å². The average molecular weight is 520 g/mol. The molecule has 0 bridgehead atoms. The normalized spacial score (nSPS) is 23.5. The molecule has 0 radical (unpaired) electrons. The van der Waals surface area contributed by atoms with Gasteiger partial charge in [0, 0.05) is 12.1 Å². The largest absolute Gasteiger partial charge is 0.497 e. The van der Waals surface area contributed by atoms with Gasteiger partial charge in [0.15, 0.2) is 16.8 Å². The number of ether oxygens (including phenoxy) is 6. The van der Waals surface area contributed by atoms with Gasteiger partial charge in [0.2, 0.25) is 12.0 Å². The van der Waals surface area contributed by atoms with Crippen molar-refractivity contribution in [3.05, 3.63) is 40.6 Å². The third-order valence-corrected chi connectivity index (χ3v) is 6.07. The van der Waals surface area contributed by atoms with Gasteiger partial charge in [0.25, 0.3) is 0 Å². The van der Waals surface area contributed by atoms with Crippen LogP contribution in [0, 0.1) is 0 Å². The summed E-state index contributed by atoms with van der Waals surface area (Å²) in [6.07, 6.45) is -7.71. The highest BCUT2D eigenvalue weighted by molar-refractivity contribution is 5.92. The Morgan fingerprint density at radius 2 is 1.57 bits per heavy atom. The van der Waals surface area contributed by atoms with Crippen molar-refractivity contribution in [2.24, 2.45) is 0 Å². The molecule has 0 aliphatic carbocycles. The molecule has 12 heteroatoms. The molecular weight excluding hydrogens is 492 g/mol. The molecule has 12 nitrogen and oxygen atoms in total. The van der Waals surface area contributed by atoms with Crippen LogP contribution >= 0.6 is 0 Å². The summed E-state index contributed by atoms with van der Waals surface area (Å²) in [5.74, 6) is 1.17. The zero-order valence-electron chi connectivity index (χ0n) is 20.5. The maximum absolute atomic E-state index is 13.4. The Bertz CT molecular complexity index is 1320. The van der Waals surface area contributed by atoms with Crippen LogP contribution in [0.4, 0.5) is 0 Å². The highest BCUT2D eigenvalue weighted by Crippen LogP contribution is 2.43. The van der Waals surface area contributed by atoms with Gasteiger partial charge in [-0.3, -0.25) is 4.79 Å². The first-order valence-corrected chi connectivity index (χ1v) is 11.2. The molecule has 4 N–H and O–H groups in total. The highest BCUT2D eigenvalue weighted by atomic mass is 16.7. The third-order valence-electron chi connectivity index (χ3n) is 6.07. The fraction of sp³-hybridized carbons (Fsp3) is 0.400. The summed E-state index contributed by atoms with van der Waals surface area (Å²) >= 11 is 0. The van der Waals surface area contributed by atoms with Crippen molar-refractivity contribution in [3.8, 4) is 40.1 Å². The third kappa shape index (κ3) is 4.77. The minimum Gasteiger partial charge on any atom is -0.497 e. The predicted molar refractivity (Wildman–Crippen MR) is 129 cm³/mol. The Morgan fingerprint density at radius 1 is 0.838 bits per heavy atom. The van der Waals surface area contributed by atoms with Crippen LogP contribution in [-0.4, -0.2) is 86.2 Å². The van der Waals surface area contributed by atoms with Crippen LogP contribution in [0.2, 0.25) is 0 Å². The summed E-state index contributed by atoms with van der Waals surface area (Å²) < 4.78 is 38.9. The summed E-state index contributed by atoms with van der Waals surface area (Å²) in [5.41, 5.74) is -0.141. The SMILES string of the molecule is COc1ccc(OC)c(-c2cc(=O)c3c(O[C@H]4O[C@H](CO)[C@@H](O)[C@H](O)[C@H]4O)cc(OC)c(OC)c3o2)c1. The van der Waals surface area contributed by atoms with E-state index in [2.05, 4.69) is 0 Å². The van der Waals surface area contributed by atoms with Crippen LogP contribution in [0.1, 0.15) is 0 Å². The second kappa shape index (κ2) is 10.8. The lowest BCUT2D eigenvalue weighted by molar-refractivity contribution is -0.277. The van der Waals surface area contributed by atoms with Crippen molar-refractivity contribution in [1.29, 1.82) is 0 Å². The van der Waals surface area contributed by atoms with Gasteiger partial charge in [-0.1, -0.05) is 0 Å². The molecule has 1 fully saturated rings. The highest BCUT2D eigenvalue weighted by Gasteiger charge is 2.45. The average Bonchev–Trinajstić information content (AvgIpc) is 2.92. The van der Waals surface area contributed by atoms with Gasteiger partial charge in [-0.25, -0.2) is 0 Å². The second-order valence-corrected chi connectivity index (χ2v) is 8.17. The summed E-state index contributed by atoms with van der Waals surface area (Å²) in [6, 6.07) is 7.56. The lowest BCUT2D eigenvalue weighted by Gasteiger charge is -2.39. The van der Waals surface area contributed by atoms with Crippen molar-refractivity contribution in [3.63, 3.8) is 0 Å². The monoisotopic (exact) mass is 520 g/mol. The molecule has 3 aromatic rings. The van der Waals surface area contributed by atoms with Gasteiger partial charge in [0.05, 0.1) is 40.6 Å². The van der Waals surface area contributed by atoms with Crippen molar-refractivity contribution >= 4 is 11.0 Å². The molecule has 5 atom stereocenters. The van der Waals surface area contributed by atoms with Crippen molar-refractivity contribution in [2.75, 3.05) is 35.0 Å². The standard InChI is InChI=1S/C25H28O12/c1-31-11-5-6-14(32-2)12(7-11)15-8-13(27)19-16(9-17(33-3)23(34-4)24(19)35-15)36-25-22(30)21(29)20(28)18(10-26)37-25/h5-9,18,20-22,25-26,28-30H,10H2,1-4H3/t18-,20-,21+,22-,25+/m1/s1. The fourth-order valence-corrected chi connectivity index (χ4v) is 4.12. The smallest absolute Gasteiger partial charge is 0.229 e. The molecule has 2 heterocycles. The van der Waals surface area contributed by atoms with E-state index >= 15 is 0 Å². The molecule has 37 heavy (non-hydrogen) atoms. The Hall–Kier alpha value is -3.55. The number of aliphatic hydroxyl groups excluding tert-OH is 4. The summed E-state index contributed by atoms with van der Waals surface area (Å²) in [7, 11) is 5.71. The van der Waals surface area contributed by atoms with E-state index in [0.717, 1.165) is 0 Å². The van der Waals surface area contributed by atoms with Crippen molar-refractivity contribution < 1.29 is 53.3 Å². The number of rotatable bonds is 8. The number of fused-ring (bicyclic) bond motifs is 1. The van der Waals surface area contributed by atoms with E-state index in [-0.39, 0.29) is 34.0 Å². The molecule has 200 valence electrons. The first-order chi connectivity index (χ1) is 17.8. The van der Waals surface area contributed by atoms with E-state index in [0.29, 0.717) is 17.1 Å². The molecule has 0 amide bonds. The molecule has 0 spiro atoms. The maximum Gasteiger partial charge on any atom is 0.229 e. The maximum atomic E-state index is 13.4. The number of hydrogen-bond acceptors (Lipinski definition) is 12. The molecule has 1 saturated heterocycles. The lowest BCUT2D eigenvalue weighted by atomic mass is 9.99. The van der Waals surface area contributed by atoms with E-state index in [1.54, 1.807) is 18.2 Å². The van der Waals surface area contributed by atoms with Gasteiger partial charge in [0.1, 0.15) is 52.8 Å². The molecule has 2 aromatic carbocycles. The van der Waals surface area contributed by atoms with Gasteiger partial charge in [-0.05, 0) is 18.2 Å². The molecule has 4 rings (SSSR count). The number of hydrogen-bond donors (Lipinski definition) is 4. The van der Waals surface area contributed by atoms with Crippen molar-refractivity contribution in [1.82, 2.24) is 0 Å². The first-order valence-electron chi connectivity index (χ1n) is 11.2. The second-order valence-electron chi connectivity index (χ2n) is 8.17. The van der Waals surface area contributed by atoms with Crippen LogP contribution in [0.25, 0.3) is 22.3 Å². The van der Waals surface area contributed by atoms with E-state index < -0.39 is 42.7 Å². The van der Waals surface area contributed by atoms with Gasteiger partial charge < -0.3 is 53.3 Å². The first kappa shape index (κ1) is 26.5. The van der Waals surface area contributed by atoms with E-state index in [4.69, 9.17) is 32.8 Å². The van der Waals surface area contributed by atoms with Crippen molar-refractivity contribution in [2.45, 2.75) is 30.7 Å². The number of methoxy groups -OCH3 is 4. The van der Waals surface area contributed by atoms with Gasteiger partial charge in [-0.2, -0.15) is 0 Å². The Kier molecular flexibility index (Phi) is 7.76. The molecule has 0 saturated carbocycles. The zero-order chi connectivity index (χ0) is 26.9. The quantitative estimate of drug-likeness (QED) is 0.328. The van der Waals surface area contributed by atoms with E-state index in [9.17, 15) is 25.2 Å². The van der Waals surface area contributed by atoms with Gasteiger partial charge in [-0.15, -0.1) is 0 Å².